The zero-order valence-electron chi connectivity index (χ0n) is 8.50. The van der Waals surface area contributed by atoms with Crippen molar-refractivity contribution < 1.29 is 9.47 Å². The second-order valence-corrected chi connectivity index (χ2v) is 4.13. The summed E-state index contributed by atoms with van der Waals surface area (Å²) in [4.78, 5) is 0.355. The summed E-state index contributed by atoms with van der Waals surface area (Å²) in [6, 6.07) is 8.06. The van der Waals surface area contributed by atoms with Crippen LogP contribution in [0.1, 0.15) is 16.8 Å². The Balaban J connectivity index is 2.57. The van der Waals surface area contributed by atoms with E-state index >= 15 is 0 Å². The average Bonchev–Trinajstić information content (AvgIpc) is 2.26. The summed E-state index contributed by atoms with van der Waals surface area (Å²) in [7, 11) is 3.39. The number of rotatable bonds is 5. The highest BCUT2D eigenvalue weighted by Gasteiger charge is 2.06. The van der Waals surface area contributed by atoms with Gasteiger partial charge in [0.25, 0.3) is 0 Å². The monoisotopic (exact) mass is 258 g/mol. The zero-order valence-corrected chi connectivity index (χ0v) is 10.1. The Hall–Kier alpha value is -0.540. The third kappa shape index (κ3) is 3.31. The predicted octanol–water partition coefficient (Wildman–Crippen LogP) is 3.17. The van der Waals surface area contributed by atoms with E-state index in [9.17, 15) is 0 Å². The molecule has 0 spiro atoms. The highest BCUT2D eigenvalue weighted by molar-refractivity contribution is 9.09. The van der Waals surface area contributed by atoms with E-state index in [4.69, 9.17) is 9.47 Å². The van der Waals surface area contributed by atoms with Crippen LogP contribution in [0.2, 0.25) is 0 Å². The summed E-state index contributed by atoms with van der Waals surface area (Å²) in [6.45, 7) is 0.766. The molecule has 1 rings (SSSR count). The maximum absolute atomic E-state index is 5.09. The van der Waals surface area contributed by atoms with Crippen molar-refractivity contribution in [2.45, 2.75) is 11.2 Å². The molecule has 1 unspecified atom stereocenters. The molecule has 0 saturated carbocycles. The van der Waals surface area contributed by atoms with Gasteiger partial charge in [-0.15, -0.1) is 0 Å². The Morgan fingerprint density at radius 2 is 1.86 bits per heavy atom. The van der Waals surface area contributed by atoms with Crippen molar-refractivity contribution in [2.24, 2.45) is 0 Å². The third-order valence-electron chi connectivity index (χ3n) is 2.05. The van der Waals surface area contributed by atoms with Gasteiger partial charge >= 0.3 is 0 Å². The number of benzene rings is 1. The van der Waals surface area contributed by atoms with Gasteiger partial charge in [-0.05, 0) is 24.1 Å². The van der Waals surface area contributed by atoms with Gasteiger partial charge in [0.05, 0.1) is 7.11 Å². The average molecular weight is 259 g/mol. The number of hydrogen-bond donors (Lipinski definition) is 0. The van der Waals surface area contributed by atoms with Crippen molar-refractivity contribution in [2.75, 3.05) is 20.8 Å². The van der Waals surface area contributed by atoms with Gasteiger partial charge in [0.1, 0.15) is 5.75 Å². The molecular formula is C11H15BrO2. The fourth-order valence-electron chi connectivity index (χ4n) is 1.20. The molecule has 0 aromatic heterocycles. The van der Waals surface area contributed by atoms with Crippen molar-refractivity contribution in [1.29, 1.82) is 0 Å². The minimum atomic E-state index is 0.355. The first-order valence-electron chi connectivity index (χ1n) is 4.55. The summed E-state index contributed by atoms with van der Waals surface area (Å²) >= 11 is 3.61. The first kappa shape index (κ1) is 11.5. The van der Waals surface area contributed by atoms with Gasteiger partial charge in [0, 0.05) is 18.5 Å². The van der Waals surface area contributed by atoms with Gasteiger partial charge in [0.15, 0.2) is 0 Å². The summed E-state index contributed by atoms with van der Waals surface area (Å²) in [6.07, 6.45) is 0.975. The lowest BCUT2D eigenvalue weighted by Gasteiger charge is -2.09. The molecule has 0 aliphatic carbocycles. The molecule has 14 heavy (non-hydrogen) atoms. The van der Waals surface area contributed by atoms with E-state index in [0.29, 0.717) is 4.83 Å². The fourth-order valence-corrected chi connectivity index (χ4v) is 1.69. The van der Waals surface area contributed by atoms with Crippen LogP contribution in [0.3, 0.4) is 0 Å². The molecule has 1 atom stereocenters. The van der Waals surface area contributed by atoms with Crippen LogP contribution in [0.5, 0.6) is 5.75 Å². The number of alkyl halides is 1. The van der Waals surface area contributed by atoms with Crippen LogP contribution in [-0.4, -0.2) is 20.8 Å². The van der Waals surface area contributed by atoms with Gasteiger partial charge in [0.2, 0.25) is 0 Å². The molecule has 0 fully saturated rings. The third-order valence-corrected chi connectivity index (χ3v) is 3.04. The summed E-state index contributed by atoms with van der Waals surface area (Å²) in [5.41, 5.74) is 1.25. The van der Waals surface area contributed by atoms with Crippen molar-refractivity contribution in [3.8, 4) is 5.75 Å². The quantitative estimate of drug-likeness (QED) is 0.756. The molecule has 0 heterocycles. The van der Waals surface area contributed by atoms with Gasteiger partial charge in [-0.1, -0.05) is 28.1 Å². The topological polar surface area (TPSA) is 18.5 Å². The number of methoxy groups -OCH3 is 2. The molecule has 2 nitrogen and oxygen atoms in total. The van der Waals surface area contributed by atoms with Gasteiger partial charge in [-0.2, -0.15) is 0 Å². The molecule has 0 radical (unpaired) electrons. The summed E-state index contributed by atoms with van der Waals surface area (Å²) in [5.74, 6) is 0.889. The van der Waals surface area contributed by atoms with E-state index < -0.39 is 0 Å². The van der Waals surface area contributed by atoms with Gasteiger partial charge in [-0.25, -0.2) is 0 Å². The zero-order chi connectivity index (χ0) is 10.4. The molecule has 3 heteroatoms. The van der Waals surface area contributed by atoms with E-state index in [1.165, 1.54) is 5.56 Å². The molecule has 0 saturated heterocycles. The fraction of sp³-hybridized carbons (Fsp3) is 0.455. The second kappa shape index (κ2) is 6.04. The van der Waals surface area contributed by atoms with E-state index in [1.54, 1.807) is 14.2 Å². The molecule has 1 aromatic rings. The van der Waals surface area contributed by atoms with E-state index in [0.717, 1.165) is 18.8 Å². The molecular weight excluding hydrogens is 244 g/mol. The highest BCUT2D eigenvalue weighted by Crippen LogP contribution is 2.27. The molecule has 0 aliphatic rings. The maximum Gasteiger partial charge on any atom is 0.118 e. The standard InChI is InChI=1S/C11H15BrO2/c1-13-8-7-11(12)9-3-5-10(14-2)6-4-9/h3-6,11H,7-8H2,1-2H3. The van der Waals surface area contributed by atoms with E-state index in [1.807, 2.05) is 12.1 Å². The number of hydrogen-bond acceptors (Lipinski definition) is 2. The minimum absolute atomic E-state index is 0.355. The largest absolute Gasteiger partial charge is 0.497 e. The van der Waals surface area contributed by atoms with Crippen LogP contribution in [0, 0.1) is 0 Å². The van der Waals surface area contributed by atoms with Gasteiger partial charge in [-0.3, -0.25) is 0 Å². The van der Waals surface area contributed by atoms with E-state index in [2.05, 4.69) is 28.1 Å². The van der Waals surface area contributed by atoms with Crippen molar-refractivity contribution in [3.63, 3.8) is 0 Å². The summed E-state index contributed by atoms with van der Waals surface area (Å²) < 4.78 is 10.1. The molecule has 0 N–H and O–H groups in total. The molecule has 78 valence electrons. The lowest BCUT2D eigenvalue weighted by molar-refractivity contribution is 0.195. The Morgan fingerprint density at radius 1 is 1.21 bits per heavy atom. The first-order chi connectivity index (χ1) is 6.77. The SMILES string of the molecule is COCCC(Br)c1ccc(OC)cc1. The van der Waals surface area contributed by atoms with Crippen LogP contribution in [0.15, 0.2) is 24.3 Å². The lowest BCUT2D eigenvalue weighted by atomic mass is 10.1. The van der Waals surface area contributed by atoms with Crippen molar-refractivity contribution >= 4 is 15.9 Å². The van der Waals surface area contributed by atoms with Crippen molar-refractivity contribution in [3.05, 3.63) is 29.8 Å². The molecule has 0 bridgehead atoms. The smallest absolute Gasteiger partial charge is 0.118 e. The van der Waals surface area contributed by atoms with Crippen LogP contribution in [-0.2, 0) is 4.74 Å². The maximum atomic E-state index is 5.09. The first-order valence-corrected chi connectivity index (χ1v) is 5.46. The lowest BCUT2D eigenvalue weighted by Crippen LogP contribution is -1.96. The second-order valence-electron chi connectivity index (χ2n) is 3.02. The molecule has 0 aliphatic heterocycles. The molecule has 0 amide bonds. The Labute approximate surface area is 93.4 Å². The van der Waals surface area contributed by atoms with E-state index in [-0.39, 0.29) is 0 Å². The normalized spacial score (nSPS) is 12.5. The Bertz CT molecular complexity index is 258. The predicted molar refractivity (Wildman–Crippen MR) is 61.2 cm³/mol. The Kier molecular flexibility index (Phi) is 4.98. The Morgan fingerprint density at radius 3 is 2.36 bits per heavy atom. The summed E-state index contributed by atoms with van der Waals surface area (Å²) in [5, 5.41) is 0. The van der Waals surface area contributed by atoms with Crippen LogP contribution < -0.4 is 4.74 Å². The van der Waals surface area contributed by atoms with Gasteiger partial charge < -0.3 is 9.47 Å². The molecule has 1 aromatic carbocycles. The number of halogens is 1. The van der Waals surface area contributed by atoms with Crippen LogP contribution in [0.25, 0.3) is 0 Å². The van der Waals surface area contributed by atoms with Crippen LogP contribution >= 0.6 is 15.9 Å². The number of ether oxygens (including phenoxy) is 2. The van der Waals surface area contributed by atoms with Crippen molar-refractivity contribution in [1.82, 2.24) is 0 Å². The minimum Gasteiger partial charge on any atom is -0.497 e. The van der Waals surface area contributed by atoms with Crippen LogP contribution in [0.4, 0.5) is 0 Å². The highest BCUT2D eigenvalue weighted by atomic mass is 79.9.